The van der Waals surface area contributed by atoms with Gasteiger partial charge in [-0.1, -0.05) is 13.2 Å². The maximum absolute atomic E-state index is 14.4. The number of ether oxygens (including phenoxy) is 16. The van der Waals surface area contributed by atoms with Gasteiger partial charge in [-0.25, -0.2) is 0 Å². The molecule has 12 bridgehead atoms. The molecule has 17 heterocycles. The van der Waals surface area contributed by atoms with E-state index in [1.54, 1.807) is 0 Å². The average molecular weight is 1100 g/mol. The molecule has 0 radical (unpaired) electrons. The predicted molar refractivity (Wildman–Crippen MR) is 265 cm³/mol. The van der Waals surface area contributed by atoms with Crippen molar-refractivity contribution in [2.24, 2.45) is 17.4 Å². The Morgan fingerprint density at radius 2 is 1.18 bits per heavy atom. The minimum absolute atomic E-state index is 0.00676. The summed E-state index contributed by atoms with van der Waals surface area (Å²) in [5.41, 5.74) is 15.7. The van der Waals surface area contributed by atoms with Crippen LogP contribution in [0.4, 0.5) is 0 Å². The minimum atomic E-state index is -0.928. The van der Waals surface area contributed by atoms with E-state index in [0.29, 0.717) is 96.5 Å². The molecule has 0 aromatic rings. The van der Waals surface area contributed by atoms with Crippen LogP contribution >= 0.6 is 0 Å². The van der Waals surface area contributed by atoms with Crippen LogP contribution in [0.25, 0.3) is 0 Å². The first-order valence-corrected chi connectivity index (χ1v) is 30.0. The fraction of sp³-hybridized carbons (Fsp3) is 0.912. The van der Waals surface area contributed by atoms with Crippen LogP contribution in [-0.2, 0) is 80.6 Å². The van der Waals surface area contributed by atoms with Gasteiger partial charge in [-0.05, 0) is 62.5 Å². The number of aliphatic hydroxyl groups is 2. The molecule has 31 atom stereocenters. The van der Waals surface area contributed by atoms with E-state index in [1.807, 2.05) is 0 Å². The van der Waals surface area contributed by atoms with Gasteiger partial charge < -0.3 is 97.5 Å². The molecule has 78 heavy (non-hydrogen) atoms. The summed E-state index contributed by atoms with van der Waals surface area (Å²) in [4.78, 5) is 14.4. The summed E-state index contributed by atoms with van der Waals surface area (Å²) in [6.45, 7) is 8.88. The molecule has 17 aliphatic rings. The standard InChI is InChI=1S/C57H80N2O19/c1-24-11-28-7-9-56-21-46-51(77-56)52-53(71-46)54(78-56)50-35(70-52)6-4-27(66-50)13-47(62)69-40-15-38-39(67-37(40)14-36-25(2)30(58)12-26(65-36)3-5-33(24)64-28)16-41-44(68-38)19-57(74-41)20-45-34(73-57)8-10-55(76-45)18-31(59)49-43(75-55)17-42-48(72-49)29(23-63-42)32(61)22-60/h26-46,48-54,60-61H,1-23,58-59H2/t26-,27+,28-,29+,30+,31-,32-,33-,34-,35-,36+,37-,38?,39-,40+,41+,42+,43-,44?,45-,46-,48+,49-,50-,51?,52-,53+,54-,55-,56-,57-/m0/s1. The maximum atomic E-state index is 14.4. The molecule has 21 heteroatoms. The van der Waals surface area contributed by atoms with Gasteiger partial charge in [0.2, 0.25) is 0 Å². The molecular formula is C57H80N2O19. The smallest absolute Gasteiger partial charge is 0.308 e. The van der Waals surface area contributed by atoms with Crippen LogP contribution in [0, 0.1) is 5.92 Å². The third-order valence-electron chi connectivity index (χ3n) is 21.5. The minimum Gasteiger partial charge on any atom is -0.459 e. The molecule has 0 aliphatic carbocycles. The van der Waals surface area contributed by atoms with Gasteiger partial charge in [-0.2, -0.15) is 0 Å². The lowest BCUT2D eigenvalue weighted by molar-refractivity contribution is -0.356. The molecular weight excluding hydrogens is 1020 g/mol. The highest BCUT2D eigenvalue weighted by molar-refractivity contribution is 5.70. The van der Waals surface area contributed by atoms with Crippen molar-refractivity contribution in [1.82, 2.24) is 0 Å². The molecule has 3 spiro atoms. The molecule has 21 nitrogen and oxygen atoms in total. The fourth-order valence-corrected chi connectivity index (χ4v) is 17.7. The van der Waals surface area contributed by atoms with Crippen LogP contribution in [0.2, 0.25) is 0 Å². The molecule has 0 saturated carbocycles. The number of nitrogens with two attached hydrogens (primary N) is 2. The van der Waals surface area contributed by atoms with Crippen molar-refractivity contribution in [2.75, 3.05) is 13.2 Å². The Kier molecular flexibility index (Phi) is 12.9. The molecule has 17 saturated heterocycles. The second-order valence-corrected chi connectivity index (χ2v) is 26.5. The average Bonchev–Trinajstić information content (AvgIpc) is 4.44. The summed E-state index contributed by atoms with van der Waals surface area (Å²) < 4.78 is 109. The van der Waals surface area contributed by atoms with Gasteiger partial charge in [-0.15, -0.1) is 0 Å². The molecule has 0 amide bonds. The Bertz CT molecular complexity index is 2350. The quantitative estimate of drug-likeness (QED) is 0.228. The summed E-state index contributed by atoms with van der Waals surface area (Å²) in [5, 5.41) is 20.1. The number of aliphatic hydroxyl groups excluding tert-OH is 2. The number of fused-ring (bicyclic) bond motifs is 11. The summed E-state index contributed by atoms with van der Waals surface area (Å²) in [7, 11) is 0. The van der Waals surface area contributed by atoms with Crippen LogP contribution in [0.15, 0.2) is 24.3 Å². The molecule has 6 N–H and O–H groups in total. The van der Waals surface area contributed by atoms with Crippen molar-refractivity contribution < 1.29 is 90.8 Å². The monoisotopic (exact) mass is 1100 g/mol. The van der Waals surface area contributed by atoms with Gasteiger partial charge in [0, 0.05) is 82.2 Å². The highest BCUT2D eigenvalue weighted by atomic mass is 16.8. The number of carbonyl (C=O) groups excluding carboxylic acids is 1. The largest absolute Gasteiger partial charge is 0.459 e. The zero-order valence-corrected chi connectivity index (χ0v) is 44.4. The zero-order chi connectivity index (χ0) is 52.6. The Morgan fingerprint density at radius 1 is 0.500 bits per heavy atom. The second-order valence-electron chi connectivity index (χ2n) is 26.5. The first-order chi connectivity index (χ1) is 37.7. The van der Waals surface area contributed by atoms with Crippen LogP contribution in [0.5, 0.6) is 0 Å². The molecule has 17 fully saturated rings. The summed E-state index contributed by atoms with van der Waals surface area (Å²) in [6, 6.07) is -0.637. The summed E-state index contributed by atoms with van der Waals surface area (Å²) in [5.74, 6) is -3.37. The lowest BCUT2D eigenvalue weighted by Gasteiger charge is -2.53. The lowest BCUT2D eigenvalue weighted by Crippen LogP contribution is -2.65. The van der Waals surface area contributed by atoms with Crippen LogP contribution in [0.1, 0.15) is 122 Å². The van der Waals surface area contributed by atoms with Crippen molar-refractivity contribution >= 4 is 5.97 Å². The third-order valence-corrected chi connectivity index (χ3v) is 21.5. The van der Waals surface area contributed by atoms with E-state index in [0.717, 1.165) is 36.8 Å². The molecule has 17 aliphatic heterocycles. The molecule has 3 unspecified atom stereocenters. The van der Waals surface area contributed by atoms with Gasteiger partial charge >= 0.3 is 5.97 Å². The Labute approximate surface area is 454 Å². The summed E-state index contributed by atoms with van der Waals surface area (Å²) >= 11 is 0. The SMILES string of the molecule is C=C1C[C@@H]2CC[C@@]34C[C@@H]5O[C@H]6[C@@H](O3)[C@H]3O[C@H](CC[C@@H]3O[C@H]6C5O4)CC(=O)O[C@@H]3CC4OC5C[C@@]6(C[C@@H]7O[C@@]8(CC[C@@H]7O6)C[C@H](N)[C@@H]6O[C@@H]7[C@@H]([C@@H](O)CO)CO[C@@H]7C[C@@H]6O8)O[C@@H]5C[C@@H]4O[C@H]3C[C@H]3O[C@@H](CC[C@@H]1O2)C[C@@H](N)C3=C. The van der Waals surface area contributed by atoms with E-state index < -0.39 is 60.1 Å². The fourth-order valence-electron chi connectivity index (χ4n) is 17.7. The topological polar surface area (TPSA) is 257 Å². The van der Waals surface area contributed by atoms with E-state index >= 15 is 0 Å². The number of rotatable bonds is 2. The lowest BCUT2D eigenvalue weighted by atomic mass is 9.82. The molecule has 17 rings (SSSR count). The normalized spacial score (nSPS) is 58.2. The van der Waals surface area contributed by atoms with Gasteiger partial charge in [0.25, 0.3) is 0 Å². The predicted octanol–water partition coefficient (Wildman–Crippen LogP) is 2.08. The van der Waals surface area contributed by atoms with Crippen molar-refractivity contribution in [3.8, 4) is 0 Å². The molecule has 432 valence electrons. The van der Waals surface area contributed by atoms with Crippen molar-refractivity contribution in [1.29, 1.82) is 0 Å². The van der Waals surface area contributed by atoms with Gasteiger partial charge in [-0.3, -0.25) is 4.79 Å². The Balaban J connectivity index is 0.614. The van der Waals surface area contributed by atoms with E-state index in [4.69, 9.17) is 87.3 Å². The van der Waals surface area contributed by atoms with E-state index in [-0.39, 0.29) is 147 Å². The van der Waals surface area contributed by atoms with Crippen LogP contribution < -0.4 is 11.5 Å². The highest BCUT2D eigenvalue weighted by Gasteiger charge is 2.69. The number of hydrogen-bond acceptors (Lipinski definition) is 21. The Morgan fingerprint density at radius 3 is 2.06 bits per heavy atom. The van der Waals surface area contributed by atoms with Crippen molar-refractivity contribution in [3.63, 3.8) is 0 Å². The Hall–Kier alpha value is -1.81. The van der Waals surface area contributed by atoms with Crippen LogP contribution in [-0.4, -0.2) is 211 Å². The molecule has 0 aromatic carbocycles. The van der Waals surface area contributed by atoms with Gasteiger partial charge in [0.05, 0.1) is 136 Å². The van der Waals surface area contributed by atoms with Crippen molar-refractivity contribution in [2.45, 2.75) is 304 Å². The van der Waals surface area contributed by atoms with E-state index in [9.17, 15) is 15.0 Å². The maximum Gasteiger partial charge on any atom is 0.308 e. The van der Waals surface area contributed by atoms with Gasteiger partial charge in [0.1, 0.15) is 36.6 Å². The highest BCUT2D eigenvalue weighted by Crippen LogP contribution is 2.57. The molecule has 0 aromatic heterocycles. The summed E-state index contributed by atoms with van der Waals surface area (Å²) in [6.07, 6.45) is 2.86. The number of hydrogen-bond donors (Lipinski definition) is 4. The first kappa shape index (κ1) is 51.8. The zero-order valence-electron chi connectivity index (χ0n) is 44.4. The second kappa shape index (κ2) is 19.4. The van der Waals surface area contributed by atoms with Crippen LogP contribution in [0.3, 0.4) is 0 Å². The van der Waals surface area contributed by atoms with E-state index in [2.05, 4.69) is 13.2 Å². The first-order valence-electron chi connectivity index (χ1n) is 30.0. The van der Waals surface area contributed by atoms with E-state index in [1.165, 1.54) is 0 Å². The van der Waals surface area contributed by atoms with Crippen molar-refractivity contribution in [3.05, 3.63) is 24.3 Å². The van der Waals surface area contributed by atoms with Gasteiger partial charge in [0.15, 0.2) is 17.4 Å². The third kappa shape index (κ3) is 8.74. The number of carbonyl (C=O) groups is 1. The number of esters is 1.